The molecule has 2 N–H and O–H groups in total. The number of carbonyl (C=O) groups is 2. The Labute approximate surface area is 122 Å². The van der Waals surface area contributed by atoms with Crippen LogP contribution in [-0.2, 0) is 0 Å². The SMILES string of the molecule is Cc1cscc1C(=O)Nc1ccc(Br)c(C(=O)O)c1. The summed E-state index contributed by atoms with van der Waals surface area (Å²) in [6, 6.07) is 4.67. The molecule has 19 heavy (non-hydrogen) atoms. The number of halogens is 1. The largest absolute Gasteiger partial charge is 0.478 e. The van der Waals surface area contributed by atoms with E-state index in [1.54, 1.807) is 17.5 Å². The van der Waals surface area contributed by atoms with Crippen molar-refractivity contribution in [2.45, 2.75) is 6.92 Å². The minimum absolute atomic E-state index is 0.111. The number of anilines is 1. The molecule has 0 fully saturated rings. The fraction of sp³-hybridized carbons (Fsp3) is 0.0769. The highest BCUT2D eigenvalue weighted by molar-refractivity contribution is 9.10. The van der Waals surface area contributed by atoms with E-state index in [0.717, 1.165) is 5.56 Å². The van der Waals surface area contributed by atoms with Gasteiger partial charge in [0.05, 0.1) is 11.1 Å². The molecule has 0 unspecified atom stereocenters. The molecule has 0 spiro atoms. The standard InChI is InChI=1S/C13H10BrNO3S/c1-7-5-19-6-10(7)12(16)15-8-2-3-11(14)9(4-8)13(17)18/h2-6H,1H3,(H,15,16)(H,17,18). The van der Waals surface area contributed by atoms with Crippen LogP contribution < -0.4 is 5.32 Å². The predicted molar refractivity (Wildman–Crippen MR) is 78.1 cm³/mol. The van der Waals surface area contributed by atoms with Gasteiger partial charge in [-0.15, -0.1) is 0 Å². The van der Waals surface area contributed by atoms with E-state index in [1.807, 2.05) is 12.3 Å². The van der Waals surface area contributed by atoms with Gasteiger partial charge in [0.15, 0.2) is 0 Å². The number of nitrogens with one attached hydrogen (secondary N) is 1. The van der Waals surface area contributed by atoms with Crippen LogP contribution in [0.3, 0.4) is 0 Å². The van der Waals surface area contributed by atoms with Crippen LogP contribution in [0, 0.1) is 6.92 Å². The predicted octanol–water partition coefficient (Wildman–Crippen LogP) is 3.77. The Morgan fingerprint density at radius 2 is 2.00 bits per heavy atom. The fourth-order valence-electron chi connectivity index (χ4n) is 1.56. The molecule has 0 aliphatic rings. The number of benzene rings is 1. The van der Waals surface area contributed by atoms with Crippen LogP contribution in [-0.4, -0.2) is 17.0 Å². The highest BCUT2D eigenvalue weighted by Gasteiger charge is 2.13. The Bertz CT molecular complexity index is 651. The van der Waals surface area contributed by atoms with Crippen LogP contribution in [0.4, 0.5) is 5.69 Å². The quantitative estimate of drug-likeness (QED) is 0.894. The zero-order valence-electron chi connectivity index (χ0n) is 9.94. The first-order chi connectivity index (χ1) is 8.99. The highest BCUT2D eigenvalue weighted by atomic mass is 79.9. The Balaban J connectivity index is 2.25. The number of aryl methyl sites for hydroxylation is 1. The van der Waals surface area contributed by atoms with Gasteiger partial charge in [0.2, 0.25) is 0 Å². The van der Waals surface area contributed by atoms with Gasteiger partial charge >= 0.3 is 5.97 Å². The molecular formula is C13H10BrNO3S. The summed E-state index contributed by atoms with van der Waals surface area (Å²) in [5, 5.41) is 15.4. The summed E-state index contributed by atoms with van der Waals surface area (Å²) in [5.41, 5.74) is 2.07. The number of aromatic carboxylic acids is 1. The summed E-state index contributed by atoms with van der Waals surface area (Å²) in [6.07, 6.45) is 0. The molecule has 0 saturated heterocycles. The number of carbonyl (C=O) groups excluding carboxylic acids is 1. The molecule has 0 bridgehead atoms. The summed E-state index contributed by atoms with van der Waals surface area (Å²) in [7, 11) is 0. The Morgan fingerprint density at radius 1 is 1.26 bits per heavy atom. The molecule has 98 valence electrons. The van der Waals surface area contributed by atoms with Crippen LogP contribution in [0.25, 0.3) is 0 Å². The van der Waals surface area contributed by atoms with Crippen molar-refractivity contribution in [1.29, 1.82) is 0 Å². The number of hydrogen-bond donors (Lipinski definition) is 2. The zero-order valence-corrected chi connectivity index (χ0v) is 12.3. The lowest BCUT2D eigenvalue weighted by molar-refractivity contribution is 0.0695. The zero-order chi connectivity index (χ0) is 14.0. The van der Waals surface area contributed by atoms with Crippen molar-refractivity contribution in [3.05, 3.63) is 50.1 Å². The van der Waals surface area contributed by atoms with Crippen molar-refractivity contribution in [2.75, 3.05) is 5.32 Å². The summed E-state index contributed by atoms with van der Waals surface area (Å²) >= 11 is 4.61. The molecular weight excluding hydrogens is 330 g/mol. The van der Waals surface area contributed by atoms with Crippen molar-refractivity contribution in [1.82, 2.24) is 0 Å². The van der Waals surface area contributed by atoms with Crippen LogP contribution in [0.2, 0.25) is 0 Å². The molecule has 0 radical (unpaired) electrons. The van der Waals surface area contributed by atoms with E-state index in [4.69, 9.17) is 5.11 Å². The van der Waals surface area contributed by atoms with E-state index < -0.39 is 5.97 Å². The first-order valence-electron chi connectivity index (χ1n) is 5.36. The summed E-state index contributed by atoms with van der Waals surface area (Å²) < 4.78 is 0.477. The third kappa shape index (κ3) is 3.02. The van der Waals surface area contributed by atoms with Gasteiger partial charge < -0.3 is 10.4 Å². The van der Waals surface area contributed by atoms with Crippen LogP contribution in [0.1, 0.15) is 26.3 Å². The van der Waals surface area contributed by atoms with Gasteiger partial charge in [0.1, 0.15) is 0 Å². The number of amides is 1. The molecule has 0 atom stereocenters. The van der Waals surface area contributed by atoms with Gasteiger partial charge in [0, 0.05) is 15.5 Å². The minimum Gasteiger partial charge on any atom is -0.478 e. The van der Waals surface area contributed by atoms with Gasteiger partial charge in [0.25, 0.3) is 5.91 Å². The van der Waals surface area contributed by atoms with E-state index >= 15 is 0 Å². The molecule has 0 aliphatic carbocycles. The van der Waals surface area contributed by atoms with Crippen LogP contribution >= 0.6 is 27.3 Å². The first-order valence-corrected chi connectivity index (χ1v) is 7.09. The van der Waals surface area contributed by atoms with Gasteiger partial charge in [-0.2, -0.15) is 11.3 Å². The summed E-state index contributed by atoms with van der Waals surface area (Å²) in [6.45, 7) is 1.86. The second kappa shape index (κ2) is 5.54. The van der Waals surface area contributed by atoms with E-state index in [-0.39, 0.29) is 11.5 Å². The Morgan fingerprint density at radius 3 is 2.58 bits per heavy atom. The smallest absolute Gasteiger partial charge is 0.336 e. The number of hydrogen-bond acceptors (Lipinski definition) is 3. The van der Waals surface area contributed by atoms with Crippen molar-refractivity contribution >= 4 is 44.8 Å². The Hall–Kier alpha value is -1.66. The van der Waals surface area contributed by atoms with Crippen molar-refractivity contribution in [3.63, 3.8) is 0 Å². The third-order valence-electron chi connectivity index (χ3n) is 2.55. The van der Waals surface area contributed by atoms with Crippen molar-refractivity contribution < 1.29 is 14.7 Å². The van der Waals surface area contributed by atoms with Gasteiger partial charge in [-0.1, -0.05) is 0 Å². The average Bonchev–Trinajstić information content (AvgIpc) is 2.77. The molecule has 2 aromatic rings. The minimum atomic E-state index is -1.05. The normalized spacial score (nSPS) is 10.2. The summed E-state index contributed by atoms with van der Waals surface area (Å²) in [5.74, 6) is -1.29. The van der Waals surface area contributed by atoms with E-state index in [9.17, 15) is 9.59 Å². The monoisotopic (exact) mass is 339 g/mol. The van der Waals surface area contributed by atoms with E-state index in [0.29, 0.717) is 15.7 Å². The lowest BCUT2D eigenvalue weighted by Crippen LogP contribution is -2.12. The first kappa shape index (κ1) is 13.8. The second-order valence-corrected chi connectivity index (χ2v) is 5.52. The molecule has 6 heteroatoms. The topological polar surface area (TPSA) is 66.4 Å². The molecule has 4 nitrogen and oxygen atoms in total. The molecule has 0 saturated carbocycles. The molecule has 1 heterocycles. The summed E-state index contributed by atoms with van der Waals surface area (Å²) in [4.78, 5) is 23.0. The van der Waals surface area contributed by atoms with E-state index in [1.165, 1.54) is 17.4 Å². The maximum atomic E-state index is 12.0. The number of carboxylic acid groups (broad SMARTS) is 1. The molecule has 0 aliphatic heterocycles. The van der Waals surface area contributed by atoms with Crippen LogP contribution in [0.15, 0.2) is 33.4 Å². The number of carboxylic acids is 1. The maximum Gasteiger partial charge on any atom is 0.336 e. The van der Waals surface area contributed by atoms with Crippen molar-refractivity contribution in [3.8, 4) is 0 Å². The lowest BCUT2D eigenvalue weighted by atomic mass is 10.1. The molecule has 1 aromatic carbocycles. The van der Waals surface area contributed by atoms with Crippen molar-refractivity contribution in [2.24, 2.45) is 0 Å². The third-order valence-corrected chi connectivity index (χ3v) is 4.11. The molecule has 2 rings (SSSR count). The average molecular weight is 340 g/mol. The van der Waals surface area contributed by atoms with Gasteiger partial charge in [-0.05, 0) is 52.0 Å². The molecule has 1 amide bonds. The maximum absolute atomic E-state index is 12.0. The van der Waals surface area contributed by atoms with Crippen LogP contribution in [0.5, 0.6) is 0 Å². The molecule has 1 aromatic heterocycles. The number of rotatable bonds is 3. The van der Waals surface area contributed by atoms with Gasteiger partial charge in [-0.25, -0.2) is 4.79 Å². The number of thiophene rings is 1. The second-order valence-electron chi connectivity index (χ2n) is 3.92. The Kier molecular flexibility index (Phi) is 4.01. The lowest BCUT2D eigenvalue weighted by Gasteiger charge is -2.07. The van der Waals surface area contributed by atoms with Gasteiger partial charge in [-0.3, -0.25) is 4.79 Å². The van der Waals surface area contributed by atoms with E-state index in [2.05, 4.69) is 21.2 Å². The fourth-order valence-corrected chi connectivity index (χ4v) is 2.80. The highest BCUT2D eigenvalue weighted by Crippen LogP contribution is 2.22.